The molecule has 1 aliphatic heterocycles. The van der Waals surface area contributed by atoms with Crippen LogP contribution in [0.2, 0.25) is 5.02 Å². The molecule has 1 saturated heterocycles. The van der Waals surface area contributed by atoms with Crippen LogP contribution >= 0.6 is 39.3 Å². The Morgan fingerprint density at radius 2 is 1.79 bits per heavy atom. The lowest BCUT2D eigenvalue weighted by Gasteiger charge is -2.16. The Bertz CT molecular complexity index is 891. The molecule has 3 rings (SSSR count). The minimum Gasteiger partial charge on any atom is -0.490 e. The molecule has 0 radical (unpaired) electrons. The van der Waals surface area contributed by atoms with Crippen LogP contribution in [0.1, 0.15) is 19.4 Å². The van der Waals surface area contributed by atoms with E-state index in [0.29, 0.717) is 41.8 Å². The van der Waals surface area contributed by atoms with E-state index in [4.69, 9.17) is 21.1 Å². The predicted molar refractivity (Wildman–Crippen MR) is 116 cm³/mol. The zero-order valence-electron chi connectivity index (χ0n) is 15.4. The summed E-state index contributed by atoms with van der Waals surface area (Å²) in [6.45, 7) is 4.81. The molecule has 1 atom stereocenters. The van der Waals surface area contributed by atoms with Gasteiger partial charge < -0.3 is 9.47 Å². The van der Waals surface area contributed by atoms with Gasteiger partial charge in [-0.3, -0.25) is 9.59 Å². The fourth-order valence-electron chi connectivity index (χ4n) is 2.91. The maximum absolute atomic E-state index is 12.9. The molecule has 0 aliphatic carbocycles. The Kier molecular flexibility index (Phi) is 6.91. The number of hydrogen-bond donors (Lipinski definition) is 0. The van der Waals surface area contributed by atoms with Crippen molar-refractivity contribution in [2.45, 2.75) is 25.5 Å². The highest BCUT2D eigenvalue weighted by molar-refractivity contribution is 9.10. The lowest BCUT2D eigenvalue weighted by atomic mass is 10.1. The van der Waals surface area contributed by atoms with Gasteiger partial charge in [-0.2, -0.15) is 0 Å². The van der Waals surface area contributed by atoms with E-state index in [1.807, 2.05) is 26.0 Å². The number of anilines is 1. The molecule has 28 heavy (non-hydrogen) atoms. The summed E-state index contributed by atoms with van der Waals surface area (Å²) in [7, 11) is 0. The Hall–Kier alpha value is -1.70. The maximum Gasteiger partial charge on any atom is 0.293 e. The van der Waals surface area contributed by atoms with Crippen LogP contribution in [0.25, 0.3) is 0 Å². The number of carbonyl (C=O) groups is 2. The Labute approximate surface area is 181 Å². The van der Waals surface area contributed by atoms with E-state index in [0.717, 1.165) is 21.8 Å². The molecular formula is C20H19BrClNO4S. The van der Waals surface area contributed by atoms with Crippen LogP contribution in [0.15, 0.2) is 40.9 Å². The molecule has 0 bridgehead atoms. The maximum atomic E-state index is 12.9. The normalized spacial score (nSPS) is 16.6. The number of nitrogens with zero attached hydrogens (tertiary/aromatic N) is 1. The van der Waals surface area contributed by atoms with Crippen LogP contribution in [-0.2, 0) is 11.2 Å². The van der Waals surface area contributed by atoms with E-state index >= 15 is 0 Å². The van der Waals surface area contributed by atoms with Gasteiger partial charge in [0, 0.05) is 5.02 Å². The first-order valence-electron chi connectivity index (χ1n) is 8.82. The van der Waals surface area contributed by atoms with E-state index in [1.165, 1.54) is 4.90 Å². The van der Waals surface area contributed by atoms with Crippen LogP contribution in [0.5, 0.6) is 11.5 Å². The third-order valence-corrected chi connectivity index (χ3v) is 5.96. The third kappa shape index (κ3) is 4.47. The van der Waals surface area contributed by atoms with Crippen molar-refractivity contribution in [3.05, 3.63) is 51.5 Å². The van der Waals surface area contributed by atoms with Gasteiger partial charge in [-0.05, 0) is 78.2 Å². The number of amides is 2. The van der Waals surface area contributed by atoms with Crippen molar-refractivity contribution in [2.24, 2.45) is 0 Å². The van der Waals surface area contributed by atoms with E-state index in [-0.39, 0.29) is 11.1 Å². The fraction of sp³-hybridized carbons (Fsp3) is 0.300. The molecule has 0 N–H and O–H groups in total. The largest absolute Gasteiger partial charge is 0.490 e. The zero-order valence-corrected chi connectivity index (χ0v) is 18.6. The van der Waals surface area contributed by atoms with E-state index in [1.54, 1.807) is 24.3 Å². The molecular weight excluding hydrogens is 466 g/mol. The van der Waals surface area contributed by atoms with Crippen molar-refractivity contribution in [1.29, 1.82) is 0 Å². The summed E-state index contributed by atoms with van der Waals surface area (Å²) in [5, 5.41) is -0.232. The zero-order chi connectivity index (χ0) is 20.3. The smallest absolute Gasteiger partial charge is 0.293 e. The summed E-state index contributed by atoms with van der Waals surface area (Å²) in [6, 6.07) is 10.4. The lowest BCUT2D eigenvalue weighted by molar-refractivity contribution is -0.117. The molecule has 148 valence electrons. The van der Waals surface area contributed by atoms with Crippen molar-refractivity contribution < 1.29 is 19.1 Å². The predicted octanol–water partition coefficient (Wildman–Crippen LogP) is 5.71. The second-order valence-electron chi connectivity index (χ2n) is 6.00. The van der Waals surface area contributed by atoms with Crippen molar-refractivity contribution in [1.82, 2.24) is 0 Å². The minimum absolute atomic E-state index is 0.236. The van der Waals surface area contributed by atoms with Gasteiger partial charge in [0.05, 0.1) is 28.6 Å². The monoisotopic (exact) mass is 483 g/mol. The van der Waals surface area contributed by atoms with Crippen LogP contribution in [-0.4, -0.2) is 29.6 Å². The van der Waals surface area contributed by atoms with Gasteiger partial charge >= 0.3 is 0 Å². The third-order valence-electron chi connectivity index (χ3n) is 4.09. The van der Waals surface area contributed by atoms with Gasteiger partial charge in [0.1, 0.15) is 0 Å². The number of rotatable bonds is 7. The molecule has 2 aromatic rings. The van der Waals surface area contributed by atoms with Gasteiger partial charge in [0.2, 0.25) is 5.91 Å². The molecule has 0 saturated carbocycles. The summed E-state index contributed by atoms with van der Waals surface area (Å²) in [5.41, 5.74) is 1.41. The summed E-state index contributed by atoms with van der Waals surface area (Å²) in [6.07, 6.45) is 0.407. The van der Waals surface area contributed by atoms with E-state index < -0.39 is 5.25 Å². The second-order valence-corrected chi connectivity index (χ2v) is 8.44. The van der Waals surface area contributed by atoms with E-state index in [2.05, 4.69) is 15.9 Å². The Balaban J connectivity index is 1.83. The fourth-order valence-corrected chi connectivity index (χ4v) is 4.67. The summed E-state index contributed by atoms with van der Waals surface area (Å²) < 4.78 is 12.1. The number of thioether (sulfide) groups is 1. The summed E-state index contributed by atoms with van der Waals surface area (Å²) in [4.78, 5) is 26.5. The summed E-state index contributed by atoms with van der Waals surface area (Å²) >= 11 is 10.4. The number of imide groups is 1. The molecule has 5 nitrogen and oxygen atoms in total. The molecule has 2 aromatic carbocycles. The van der Waals surface area contributed by atoms with E-state index in [9.17, 15) is 9.59 Å². The standard InChI is InChI=1S/C20H19BrClNO4S/c1-3-26-16-10-12(9-15(21)18(16)27-4-2)11-17-19(24)23(20(25)28-17)14-7-5-13(22)6-8-14/h5-10,17H,3-4,11H2,1-2H3/t17-/m0/s1. The molecule has 1 fully saturated rings. The minimum atomic E-state index is -0.498. The van der Waals surface area contributed by atoms with Crippen LogP contribution < -0.4 is 14.4 Å². The number of carbonyl (C=O) groups excluding carboxylic acids is 2. The highest BCUT2D eigenvalue weighted by atomic mass is 79.9. The van der Waals surface area contributed by atoms with Crippen molar-refractivity contribution in [3.8, 4) is 11.5 Å². The lowest BCUT2D eigenvalue weighted by Crippen LogP contribution is -2.32. The first kappa shape index (κ1) is 21.0. The number of ether oxygens (including phenoxy) is 2. The summed E-state index contributed by atoms with van der Waals surface area (Å²) in [5.74, 6) is 1.02. The molecule has 1 aliphatic rings. The highest BCUT2D eigenvalue weighted by Crippen LogP contribution is 2.39. The number of benzene rings is 2. The average Bonchev–Trinajstić information content (AvgIpc) is 2.93. The number of halogens is 2. The second kappa shape index (κ2) is 9.20. The van der Waals surface area contributed by atoms with Crippen LogP contribution in [0.3, 0.4) is 0 Å². The van der Waals surface area contributed by atoms with Crippen molar-refractivity contribution >= 4 is 56.1 Å². The van der Waals surface area contributed by atoms with Gasteiger partial charge in [-0.15, -0.1) is 0 Å². The van der Waals surface area contributed by atoms with Gasteiger partial charge in [-0.25, -0.2) is 4.90 Å². The van der Waals surface area contributed by atoms with Crippen molar-refractivity contribution in [3.63, 3.8) is 0 Å². The molecule has 1 heterocycles. The van der Waals surface area contributed by atoms with Gasteiger partial charge in [0.15, 0.2) is 11.5 Å². The Morgan fingerprint density at radius 1 is 1.11 bits per heavy atom. The molecule has 0 spiro atoms. The van der Waals surface area contributed by atoms with Gasteiger partial charge in [0.25, 0.3) is 5.24 Å². The molecule has 8 heteroatoms. The van der Waals surface area contributed by atoms with Gasteiger partial charge in [-0.1, -0.05) is 23.4 Å². The molecule has 0 unspecified atom stereocenters. The quantitative estimate of drug-likeness (QED) is 0.504. The molecule has 2 amide bonds. The first-order chi connectivity index (χ1) is 13.4. The molecule has 0 aromatic heterocycles. The number of hydrogen-bond acceptors (Lipinski definition) is 5. The highest BCUT2D eigenvalue weighted by Gasteiger charge is 2.40. The van der Waals surface area contributed by atoms with Crippen LogP contribution in [0.4, 0.5) is 10.5 Å². The van der Waals surface area contributed by atoms with Crippen molar-refractivity contribution in [2.75, 3.05) is 18.1 Å². The Morgan fingerprint density at radius 3 is 2.43 bits per heavy atom. The topological polar surface area (TPSA) is 55.8 Å². The average molecular weight is 485 g/mol. The van der Waals surface area contributed by atoms with Crippen LogP contribution in [0, 0.1) is 0 Å². The first-order valence-corrected chi connectivity index (χ1v) is 10.9. The SMILES string of the molecule is CCOc1cc(C[C@@H]2SC(=O)N(c3ccc(Cl)cc3)C2=O)cc(Br)c1OCC.